The van der Waals surface area contributed by atoms with Gasteiger partial charge in [0, 0.05) is 48.4 Å². The van der Waals surface area contributed by atoms with Crippen molar-refractivity contribution in [2.75, 3.05) is 25.7 Å². The van der Waals surface area contributed by atoms with Crippen molar-refractivity contribution in [1.82, 2.24) is 29.9 Å². The summed E-state index contributed by atoms with van der Waals surface area (Å²) in [6.45, 7) is 2.53. The van der Waals surface area contributed by atoms with Crippen LogP contribution in [-0.4, -0.2) is 56.7 Å². The largest absolute Gasteiger partial charge is 0.497 e. The number of aryl methyl sites for hydroxylation is 1. The molecule has 0 bridgehead atoms. The Kier molecular flexibility index (Phi) is 7.39. The molecule has 5 rings (SSSR count). The predicted octanol–water partition coefficient (Wildman–Crippen LogP) is 4.21. The average Bonchev–Trinajstić information content (AvgIpc) is 3.59. The molecule has 11 nitrogen and oxygen atoms in total. The number of benzene rings is 2. The molecule has 200 valence electrons. The second-order valence-corrected chi connectivity index (χ2v) is 8.85. The number of hydrogen-bond acceptors (Lipinski definition) is 9. The molecule has 0 spiro atoms. The number of hydrogen-bond donors (Lipinski definition) is 1. The summed E-state index contributed by atoms with van der Waals surface area (Å²) in [4.78, 5) is 23.5. The minimum Gasteiger partial charge on any atom is -0.497 e. The van der Waals surface area contributed by atoms with Crippen molar-refractivity contribution in [2.24, 2.45) is 7.05 Å². The molecule has 0 atom stereocenters. The SMILES string of the molecule is CCOC(=O)Cc1cc(CN(c2cc(OC)cc(OC)c2)c2ccc3ncc(-c4cnn(C)c4)nc3c2)[nH]n1. The highest BCUT2D eigenvalue weighted by Crippen LogP contribution is 2.35. The fourth-order valence-corrected chi connectivity index (χ4v) is 4.25. The summed E-state index contributed by atoms with van der Waals surface area (Å²) in [7, 11) is 5.10. The van der Waals surface area contributed by atoms with E-state index in [0.29, 0.717) is 30.3 Å². The van der Waals surface area contributed by atoms with E-state index >= 15 is 0 Å². The van der Waals surface area contributed by atoms with E-state index < -0.39 is 0 Å². The Morgan fingerprint density at radius 3 is 2.49 bits per heavy atom. The normalized spacial score (nSPS) is 11.0. The molecule has 0 aliphatic rings. The van der Waals surface area contributed by atoms with E-state index in [0.717, 1.165) is 39.4 Å². The van der Waals surface area contributed by atoms with Gasteiger partial charge in [-0.25, -0.2) is 4.98 Å². The van der Waals surface area contributed by atoms with Crippen molar-refractivity contribution in [1.29, 1.82) is 0 Å². The summed E-state index contributed by atoms with van der Waals surface area (Å²) in [6.07, 6.45) is 5.51. The van der Waals surface area contributed by atoms with E-state index in [2.05, 4.69) is 25.2 Å². The van der Waals surface area contributed by atoms with Crippen LogP contribution in [0.25, 0.3) is 22.3 Å². The van der Waals surface area contributed by atoms with Gasteiger partial charge in [-0.2, -0.15) is 10.2 Å². The average molecular weight is 528 g/mol. The van der Waals surface area contributed by atoms with Gasteiger partial charge in [-0.1, -0.05) is 0 Å². The number of esters is 1. The first kappa shape index (κ1) is 25.7. The lowest BCUT2D eigenvalue weighted by Gasteiger charge is -2.25. The molecule has 11 heteroatoms. The topological polar surface area (TPSA) is 120 Å². The van der Waals surface area contributed by atoms with Crippen LogP contribution in [0.2, 0.25) is 0 Å². The van der Waals surface area contributed by atoms with Gasteiger partial charge in [-0.15, -0.1) is 0 Å². The molecule has 0 unspecified atom stereocenters. The molecular weight excluding hydrogens is 498 g/mol. The van der Waals surface area contributed by atoms with Gasteiger partial charge in [0.1, 0.15) is 11.5 Å². The predicted molar refractivity (Wildman–Crippen MR) is 146 cm³/mol. The van der Waals surface area contributed by atoms with Crippen molar-refractivity contribution in [3.63, 3.8) is 0 Å². The Morgan fingerprint density at radius 2 is 1.79 bits per heavy atom. The van der Waals surface area contributed by atoms with Crippen molar-refractivity contribution >= 4 is 28.4 Å². The molecule has 0 saturated heterocycles. The zero-order valence-corrected chi connectivity index (χ0v) is 22.2. The van der Waals surface area contributed by atoms with Crippen LogP contribution in [0.15, 0.2) is 61.1 Å². The first-order valence-corrected chi connectivity index (χ1v) is 12.4. The Morgan fingerprint density at radius 1 is 1.00 bits per heavy atom. The van der Waals surface area contributed by atoms with E-state index in [4.69, 9.17) is 19.2 Å². The molecule has 0 aliphatic heterocycles. The molecule has 39 heavy (non-hydrogen) atoms. The third-order valence-electron chi connectivity index (χ3n) is 6.13. The number of H-pyrrole nitrogens is 1. The zero-order chi connectivity index (χ0) is 27.4. The lowest BCUT2D eigenvalue weighted by atomic mass is 10.1. The maximum absolute atomic E-state index is 12.0. The smallest absolute Gasteiger partial charge is 0.311 e. The van der Waals surface area contributed by atoms with E-state index in [1.165, 1.54) is 0 Å². The van der Waals surface area contributed by atoms with Crippen LogP contribution >= 0.6 is 0 Å². The van der Waals surface area contributed by atoms with Crippen molar-refractivity contribution in [3.8, 4) is 22.8 Å². The minimum absolute atomic E-state index is 0.0972. The molecule has 0 fully saturated rings. The fraction of sp³-hybridized carbons (Fsp3) is 0.250. The van der Waals surface area contributed by atoms with Crippen LogP contribution in [0.1, 0.15) is 18.3 Å². The number of aromatic nitrogens is 6. The van der Waals surface area contributed by atoms with Crippen LogP contribution in [0.3, 0.4) is 0 Å². The molecule has 0 radical (unpaired) electrons. The lowest BCUT2D eigenvalue weighted by Crippen LogP contribution is -2.17. The molecule has 3 aromatic heterocycles. The third kappa shape index (κ3) is 5.82. The van der Waals surface area contributed by atoms with Crippen LogP contribution in [0.4, 0.5) is 11.4 Å². The summed E-state index contributed by atoms with van der Waals surface area (Å²) in [5, 5.41) is 11.6. The van der Waals surface area contributed by atoms with Gasteiger partial charge in [0.25, 0.3) is 0 Å². The van der Waals surface area contributed by atoms with E-state index in [9.17, 15) is 4.79 Å². The van der Waals surface area contributed by atoms with Gasteiger partial charge >= 0.3 is 5.97 Å². The number of nitrogens with zero attached hydrogens (tertiary/aromatic N) is 6. The molecule has 2 aromatic carbocycles. The Bertz CT molecular complexity index is 1590. The minimum atomic E-state index is -0.317. The maximum atomic E-state index is 12.0. The van der Waals surface area contributed by atoms with Crippen LogP contribution in [0.5, 0.6) is 11.5 Å². The van der Waals surface area contributed by atoms with Gasteiger partial charge in [0.2, 0.25) is 0 Å². The van der Waals surface area contributed by atoms with Crippen molar-refractivity contribution in [3.05, 3.63) is 72.4 Å². The van der Waals surface area contributed by atoms with Gasteiger partial charge in [-0.3, -0.25) is 19.6 Å². The van der Waals surface area contributed by atoms with Gasteiger partial charge < -0.3 is 19.1 Å². The number of rotatable bonds is 10. The molecule has 3 heterocycles. The molecular formula is C28H29N7O4. The number of carbonyl (C=O) groups excluding carboxylic acids is 1. The van der Waals surface area contributed by atoms with Gasteiger partial charge in [-0.05, 0) is 31.2 Å². The summed E-state index contributed by atoms with van der Waals surface area (Å²) in [6, 6.07) is 13.5. The lowest BCUT2D eigenvalue weighted by molar-refractivity contribution is -0.142. The number of nitrogens with one attached hydrogen (secondary N) is 1. The van der Waals surface area contributed by atoms with Crippen LogP contribution < -0.4 is 14.4 Å². The summed E-state index contributed by atoms with van der Waals surface area (Å²) in [5.74, 6) is 0.991. The monoisotopic (exact) mass is 527 g/mol. The molecule has 1 N–H and O–H groups in total. The summed E-state index contributed by atoms with van der Waals surface area (Å²) < 4.78 is 17.9. The maximum Gasteiger partial charge on any atom is 0.311 e. The number of aromatic amines is 1. The third-order valence-corrected chi connectivity index (χ3v) is 6.13. The number of fused-ring (bicyclic) bond motifs is 1. The Hall–Kier alpha value is -4.93. The highest BCUT2D eigenvalue weighted by Gasteiger charge is 2.17. The Balaban J connectivity index is 1.55. The number of ether oxygens (including phenoxy) is 3. The zero-order valence-electron chi connectivity index (χ0n) is 22.2. The second-order valence-electron chi connectivity index (χ2n) is 8.85. The highest BCUT2D eigenvalue weighted by atomic mass is 16.5. The van der Waals surface area contributed by atoms with Crippen LogP contribution in [-0.2, 0) is 29.5 Å². The first-order chi connectivity index (χ1) is 18.9. The fourth-order valence-electron chi connectivity index (χ4n) is 4.25. The van der Waals surface area contributed by atoms with Crippen molar-refractivity contribution < 1.29 is 19.0 Å². The highest BCUT2D eigenvalue weighted by molar-refractivity contribution is 5.82. The number of carbonyl (C=O) groups is 1. The van der Waals surface area contributed by atoms with Gasteiger partial charge in [0.05, 0.1) is 74.3 Å². The number of methoxy groups -OCH3 is 2. The van der Waals surface area contributed by atoms with E-state index in [-0.39, 0.29) is 12.4 Å². The molecule has 5 aromatic rings. The Labute approximate surface area is 225 Å². The molecule has 0 saturated carbocycles. The van der Waals surface area contributed by atoms with Crippen LogP contribution in [0, 0.1) is 0 Å². The number of anilines is 2. The van der Waals surface area contributed by atoms with Gasteiger partial charge in [0.15, 0.2) is 0 Å². The molecule has 0 amide bonds. The second kappa shape index (κ2) is 11.2. The summed E-state index contributed by atoms with van der Waals surface area (Å²) in [5.41, 5.74) is 6.26. The molecule has 0 aliphatic carbocycles. The standard InChI is InChI=1S/C28H29N7O4/c1-5-39-28(36)9-19-8-20(33-32-19)17-35(22-10-23(37-3)13-24(11-22)38-4)21-6-7-25-26(12-21)31-27(15-29-25)18-14-30-34(2)16-18/h6-8,10-16H,5,9,17H2,1-4H3,(H,32,33). The summed E-state index contributed by atoms with van der Waals surface area (Å²) >= 11 is 0. The van der Waals surface area contributed by atoms with E-state index in [1.807, 2.05) is 55.7 Å². The van der Waals surface area contributed by atoms with E-state index in [1.54, 1.807) is 38.2 Å². The van der Waals surface area contributed by atoms with Crippen molar-refractivity contribution in [2.45, 2.75) is 19.9 Å². The first-order valence-electron chi connectivity index (χ1n) is 12.4. The quantitative estimate of drug-likeness (QED) is 0.266.